The fourth-order valence-corrected chi connectivity index (χ4v) is 2.93. The summed E-state index contributed by atoms with van der Waals surface area (Å²) >= 11 is 0. The van der Waals surface area contributed by atoms with Gasteiger partial charge in [0.2, 0.25) is 5.91 Å². The van der Waals surface area contributed by atoms with E-state index < -0.39 is 0 Å². The summed E-state index contributed by atoms with van der Waals surface area (Å²) in [6.45, 7) is 8.40. The molecule has 112 valence electrons. The van der Waals surface area contributed by atoms with Gasteiger partial charge in [-0.15, -0.1) is 0 Å². The molecule has 3 heteroatoms. The zero-order chi connectivity index (χ0) is 15.0. The Balaban J connectivity index is 1.89. The quantitative estimate of drug-likeness (QED) is 0.838. The SMILES string of the molecule is CC(C)(C)c1ccc2occ(CC(=O)N3CCCC3)c2c1. The average Bonchev–Trinajstić information content (AvgIpc) is 3.07. The summed E-state index contributed by atoms with van der Waals surface area (Å²) in [5.41, 5.74) is 3.24. The molecule has 1 aromatic heterocycles. The van der Waals surface area contributed by atoms with Crippen LogP contribution in [0.4, 0.5) is 0 Å². The van der Waals surface area contributed by atoms with Crippen LogP contribution < -0.4 is 0 Å². The van der Waals surface area contributed by atoms with Crippen LogP contribution in [-0.4, -0.2) is 23.9 Å². The Hall–Kier alpha value is -1.77. The molecule has 0 saturated carbocycles. The standard InChI is InChI=1S/C18H23NO2/c1-18(2,3)14-6-7-16-15(11-14)13(12-21-16)10-17(20)19-8-4-5-9-19/h6-7,11-12H,4-5,8-10H2,1-3H3. The van der Waals surface area contributed by atoms with E-state index in [1.54, 1.807) is 6.26 Å². The Morgan fingerprint density at radius 1 is 1.24 bits per heavy atom. The summed E-state index contributed by atoms with van der Waals surface area (Å²) in [6, 6.07) is 6.29. The van der Waals surface area contributed by atoms with Gasteiger partial charge < -0.3 is 9.32 Å². The minimum absolute atomic E-state index is 0.0989. The molecule has 1 amide bonds. The zero-order valence-electron chi connectivity index (χ0n) is 13.1. The number of carbonyl (C=O) groups is 1. The van der Waals surface area contributed by atoms with E-state index in [9.17, 15) is 4.79 Å². The van der Waals surface area contributed by atoms with Crippen molar-refractivity contribution < 1.29 is 9.21 Å². The summed E-state index contributed by atoms with van der Waals surface area (Å²) in [7, 11) is 0. The number of nitrogens with zero attached hydrogens (tertiary/aromatic N) is 1. The number of hydrogen-bond donors (Lipinski definition) is 0. The molecule has 1 aliphatic heterocycles. The highest BCUT2D eigenvalue weighted by Crippen LogP contribution is 2.29. The van der Waals surface area contributed by atoms with Gasteiger partial charge in [-0.05, 0) is 36.0 Å². The lowest BCUT2D eigenvalue weighted by molar-refractivity contribution is -0.129. The van der Waals surface area contributed by atoms with Crippen molar-refractivity contribution in [2.24, 2.45) is 0 Å². The highest BCUT2D eigenvalue weighted by molar-refractivity contribution is 5.88. The lowest BCUT2D eigenvalue weighted by Crippen LogP contribution is -2.28. The van der Waals surface area contributed by atoms with Crippen LogP contribution in [0.3, 0.4) is 0 Å². The predicted octanol–water partition coefficient (Wildman–Crippen LogP) is 3.90. The van der Waals surface area contributed by atoms with Crippen LogP contribution in [0.15, 0.2) is 28.9 Å². The normalized spacial score (nSPS) is 15.9. The lowest BCUT2D eigenvalue weighted by atomic mass is 9.86. The Bertz CT molecular complexity index is 657. The van der Waals surface area contributed by atoms with Crippen molar-refractivity contribution in [3.63, 3.8) is 0 Å². The summed E-state index contributed by atoms with van der Waals surface area (Å²) in [5.74, 6) is 0.219. The van der Waals surface area contributed by atoms with Gasteiger partial charge in [0.15, 0.2) is 0 Å². The van der Waals surface area contributed by atoms with Gasteiger partial charge in [-0.3, -0.25) is 4.79 Å². The predicted molar refractivity (Wildman–Crippen MR) is 84.4 cm³/mol. The Kier molecular flexibility index (Phi) is 3.52. The molecule has 1 aliphatic rings. The minimum atomic E-state index is 0.0989. The fourth-order valence-electron chi connectivity index (χ4n) is 2.93. The number of likely N-dealkylation sites (tertiary alicyclic amines) is 1. The molecule has 1 fully saturated rings. The molecular weight excluding hydrogens is 262 g/mol. The maximum Gasteiger partial charge on any atom is 0.227 e. The second-order valence-corrected chi connectivity index (χ2v) is 6.99. The third-order valence-corrected chi connectivity index (χ3v) is 4.32. The number of rotatable bonds is 2. The second-order valence-electron chi connectivity index (χ2n) is 6.99. The largest absolute Gasteiger partial charge is 0.464 e. The molecule has 3 rings (SSSR count). The van der Waals surface area contributed by atoms with E-state index in [4.69, 9.17) is 4.42 Å². The molecule has 1 saturated heterocycles. The molecule has 0 bridgehead atoms. The van der Waals surface area contributed by atoms with E-state index in [1.165, 1.54) is 5.56 Å². The van der Waals surface area contributed by atoms with Gasteiger partial charge in [0.1, 0.15) is 5.58 Å². The van der Waals surface area contributed by atoms with Gasteiger partial charge in [-0.1, -0.05) is 26.8 Å². The van der Waals surface area contributed by atoms with E-state index in [-0.39, 0.29) is 11.3 Å². The van der Waals surface area contributed by atoms with Gasteiger partial charge in [-0.2, -0.15) is 0 Å². The Labute approximate surface area is 125 Å². The van der Waals surface area contributed by atoms with Crippen molar-refractivity contribution in [2.45, 2.75) is 45.4 Å². The molecular formula is C18H23NO2. The number of hydrogen-bond acceptors (Lipinski definition) is 2. The smallest absolute Gasteiger partial charge is 0.227 e. The minimum Gasteiger partial charge on any atom is -0.464 e. The van der Waals surface area contributed by atoms with Crippen molar-refractivity contribution in [1.29, 1.82) is 0 Å². The lowest BCUT2D eigenvalue weighted by Gasteiger charge is -2.19. The number of fused-ring (bicyclic) bond motifs is 1. The maximum absolute atomic E-state index is 12.3. The summed E-state index contributed by atoms with van der Waals surface area (Å²) in [5, 5.41) is 1.08. The third kappa shape index (κ3) is 2.82. The van der Waals surface area contributed by atoms with Crippen molar-refractivity contribution in [1.82, 2.24) is 4.90 Å². The van der Waals surface area contributed by atoms with Crippen LogP contribution in [0, 0.1) is 0 Å². The maximum atomic E-state index is 12.3. The van der Waals surface area contributed by atoms with Gasteiger partial charge >= 0.3 is 0 Å². The Morgan fingerprint density at radius 2 is 1.95 bits per heavy atom. The monoisotopic (exact) mass is 285 g/mol. The molecule has 21 heavy (non-hydrogen) atoms. The van der Waals surface area contributed by atoms with Crippen molar-refractivity contribution >= 4 is 16.9 Å². The molecule has 0 radical (unpaired) electrons. The Morgan fingerprint density at radius 3 is 2.62 bits per heavy atom. The van der Waals surface area contributed by atoms with Gasteiger partial charge in [0.25, 0.3) is 0 Å². The van der Waals surface area contributed by atoms with Crippen molar-refractivity contribution in [2.75, 3.05) is 13.1 Å². The summed E-state index contributed by atoms with van der Waals surface area (Å²) in [6.07, 6.45) is 4.45. The van der Waals surface area contributed by atoms with Gasteiger partial charge in [0, 0.05) is 24.0 Å². The van der Waals surface area contributed by atoms with Crippen LogP contribution in [0.5, 0.6) is 0 Å². The zero-order valence-corrected chi connectivity index (χ0v) is 13.1. The molecule has 2 aromatic rings. The van der Waals surface area contributed by atoms with Gasteiger partial charge in [0.05, 0.1) is 12.7 Å². The van der Waals surface area contributed by atoms with Crippen molar-refractivity contribution in [3.05, 3.63) is 35.6 Å². The molecule has 1 aromatic carbocycles. The molecule has 0 spiro atoms. The average molecular weight is 285 g/mol. The third-order valence-electron chi connectivity index (χ3n) is 4.32. The number of furan rings is 1. The number of carbonyl (C=O) groups excluding carboxylic acids is 1. The van der Waals surface area contributed by atoms with E-state index in [2.05, 4.69) is 32.9 Å². The number of benzene rings is 1. The summed E-state index contributed by atoms with van der Waals surface area (Å²) < 4.78 is 5.61. The first-order valence-corrected chi connectivity index (χ1v) is 7.73. The second kappa shape index (κ2) is 5.21. The van der Waals surface area contributed by atoms with Gasteiger partial charge in [-0.25, -0.2) is 0 Å². The first-order valence-electron chi connectivity index (χ1n) is 7.73. The van der Waals surface area contributed by atoms with E-state index in [0.29, 0.717) is 6.42 Å². The highest BCUT2D eigenvalue weighted by Gasteiger charge is 2.21. The first-order chi connectivity index (χ1) is 9.95. The molecule has 2 heterocycles. The molecule has 0 unspecified atom stereocenters. The molecule has 0 N–H and O–H groups in total. The molecule has 0 atom stereocenters. The fraction of sp³-hybridized carbons (Fsp3) is 0.500. The molecule has 3 nitrogen and oxygen atoms in total. The summed E-state index contributed by atoms with van der Waals surface area (Å²) in [4.78, 5) is 14.3. The number of amides is 1. The molecule has 0 aliphatic carbocycles. The first kappa shape index (κ1) is 14.2. The van der Waals surface area contributed by atoms with Crippen LogP contribution in [0.1, 0.15) is 44.7 Å². The van der Waals surface area contributed by atoms with Crippen molar-refractivity contribution in [3.8, 4) is 0 Å². The topological polar surface area (TPSA) is 33.5 Å². The van der Waals surface area contributed by atoms with E-state index >= 15 is 0 Å². The highest BCUT2D eigenvalue weighted by atomic mass is 16.3. The van der Waals surface area contributed by atoms with Crippen LogP contribution in [0.2, 0.25) is 0 Å². The van der Waals surface area contributed by atoms with Crippen LogP contribution in [0.25, 0.3) is 11.0 Å². The van der Waals surface area contributed by atoms with E-state index in [0.717, 1.165) is 42.5 Å². The van der Waals surface area contributed by atoms with E-state index in [1.807, 2.05) is 11.0 Å². The van der Waals surface area contributed by atoms with Crippen LogP contribution >= 0.6 is 0 Å². The van der Waals surface area contributed by atoms with Crippen LogP contribution in [-0.2, 0) is 16.6 Å².